The Bertz CT molecular complexity index is 681. The molecule has 0 spiro atoms. The standard InChI is InChI=1S/C12H10N4O2/c17-12(18)10-4-5-13-16(10)8-9-7-15-6-2-1-3-11(15)14-9/h1-7H,8H2,(H,17,18). The van der Waals surface area contributed by atoms with Gasteiger partial charge in [-0.05, 0) is 18.2 Å². The molecule has 0 aliphatic carbocycles. The van der Waals surface area contributed by atoms with E-state index in [1.54, 1.807) is 0 Å². The van der Waals surface area contributed by atoms with Crippen LogP contribution in [-0.4, -0.2) is 30.2 Å². The van der Waals surface area contributed by atoms with Gasteiger partial charge in [0.15, 0.2) is 0 Å². The van der Waals surface area contributed by atoms with Crippen molar-refractivity contribution in [3.63, 3.8) is 0 Å². The second-order valence-electron chi connectivity index (χ2n) is 3.88. The molecule has 3 aromatic heterocycles. The van der Waals surface area contributed by atoms with Crippen LogP contribution < -0.4 is 0 Å². The lowest BCUT2D eigenvalue weighted by molar-refractivity contribution is 0.0684. The minimum Gasteiger partial charge on any atom is -0.477 e. The number of nitrogens with zero attached hydrogens (tertiary/aromatic N) is 4. The first kappa shape index (κ1) is 10.5. The molecule has 0 aliphatic heterocycles. The maximum absolute atomic E-state index is 11.0. The number of hydrogen-bond acceptors (Lipinski definition) is 3. The number of carboxylic acids is 1. The number of aromatic nitrogens is 4. The third kappa shape index (κ3) is 1.73. The van der Waals surface area contributed by atoms with Gasteiger partial charge < -0.3 is 9.51 Å². The van der Waals surface area contributed by atoms with Crippen molar-refractivity contribution in [3.8, 4) is 0 Å². The highest BCUT2D eigenvalue weighted by atomic mass is 16.4. The monoisotopic (exact) mass is 242 g/mol. The topological polar surface area (TPSA) is 72.4 Å². The normalized spacial score (nSPS) is 10.9. The lowest BCUT2D eigenvalue weighted by Gasteiger charge is -2.00. The second kappa shape index (κ2) is 3.99. The highest BCUT2D eigenvalue weighted by Crippen LogP contribution is 2.07. The van der Waals surface area contributed by atoms with Crippen molar-refractivity contribution in [2.24, 2.45) is 0 Å². The van der Waals surface area contributed by atoms with Crippen LogP contribution in [0, 0.1) is 0 Å². The molecule has 0 saturated heterocycles. The van der Waals surface area contributed by atoms with Crippen LogP contribution in [-0.2, 0) is 6.54 Å². The molecule has 0 atom stereocenters. The van der Waals surface area contributed by atoms with Crippen molar-refractivity contribution in [2.45, 2.75) is 6.54 Å². The predicted molar refractivity (Wildman–Crippen MR) is 63.5 cm³/mol. The fourth-order valence-corrected chi connectivity index (χ4v) is 1.86. The van der Waals surface area contributed by atoms with Crippen LogP contribution in [0.5, 0.6) is 0 Å². The number of aromatic carboxylic acids is 1. The van der Waals surface area contributed by atoms with Crippen molar-refractivity contribution >= 4 is 11.6 Å². The van der Waals surface area contributed by atoms with Crippen LogP contribution in [0.4, 0.5) is 0 Å². The largest absolute Gasteiger partial charge is 0.477 e. The van der Waals surface area contributed by atoms with Crippen LogP contribution in [0.1, 0.15) is 16.2 Å². The van der Waals surface area contributed by atoms with Crippen LogP contribution in [0.2, 0.25) is 0 Å². The van der Waals surface area contributed by atoms with Crippen molar-refractivity contribution < 1.29 is 9.90 Å². The number of hydrogen-bond donors (Lipinski definition) is 1. The maximum Gasteiger partial charge on any atom is 0.354 e. The molecule has 0 radical (unpaired) electrons. The van der Waals surface area contributed by atoms with Gasteiger partial charge in [-0.3, -0.25) is 4.68 Å². The zero-order chi connectivity index (χ0) is 12.5. The summed E-state index contributed by atoms with van der Waals surface area (Å²) in [6.45, 7) is 0.344. The zero-order valence-corrected chi connectivity index (χ0v) is 9.39. The molecule has 0 fully saturated rings. The van der Waals surface area contributed by atoms with Gasteiger partial charge in [-0.1, -0.05) is 6.07 Å². The average molecular weight is 242 g/mol. The van der Waals surface area contributed by atoms with Crippen LogP contribution >= 0.6 is 0 Å². The first-order chi connectivity index (χ1) is 8.74. The molecule has 3 aromatic rings. The lowest BCUT2D eigenvalue weighted by Crippen LogP contribution is -2.10. The van der Waals surface area contributed by atoms with Gasteiger partial charge in [0.1, 0.15) is 11.3 Å². The molecule has 0 aromatic carbocycles. The Balaban J connectivity index is 1.96. The first-order valence-corrected chi connectivity index (χ1v) is 5.42. The zero-order valence-electron chi connectivity index (χ0n) is 9.39. The van der Waals surface area contributed by atoms with E-state index in [1.165, 1.54) is 16.9 Å². The minimum absolute atomic E-state index is 0.159. The van der Waals surface area contributed by atoms with Gasteiger partial charge in [0, 0.05) is 18.6 Å². The molecule has 18 heavy (non-hydrogen) atoms. The summed E-state index contributed by atoms with van der Waals surface area (Å²) < 4.78 is 3.31. The smallest absolute Gasteiger partial charge is 0.354 e. The van der Waals surface area contributed by atoms with Gasteiger partial charge >= 0.3 is 5.97 Å². The van der Waals surface area contributed by atoms with Crippen LogP contribution in [0.25, 0.3) is 5.65 Å². The van der Waals surface area contributed by atoms with Crippen molar-refractivity contribution in [3.05, 3.63) is 54.2 Å². The van der Waals surface area contributed by atoms with E-state index in [9.17, 15) is 4.79 Å². The van der Waals surface area contributed by atoms with Gasteiger partial charge in [0.25, 0.3) is 0 Å². The summed E-state index contributed by atoms with van der Waals surface area (Å²) >= 11 is 0. The Morgan fingerprint density at radius 1 is 1.33 bits per heavy atom. The fraction of sp³-hybridized carbons (Fsp3) is 0.0833. The Kier molecular flexibility index (Phi) is 2.33. The molecule has 0 unspecified atom stereocenters. The van der Waals surface area contributed by atoms with E-state index in [4.69, 9.17) is 5.11 Å². The molecule has 0 aliphatic rings. The third-order valence-corrected chi connectivity index (χ3v) is 2.66. The summed E-state index contributed by atoms with van der Waals surface area (Å²) in [6, 6.07) is 7.18. The van der Waals surface area contributed by atoms with Gasteiger partial charge in [0.2, 0.25) is 0 Å². The predicted octanol–water partition coefficient (Wildman–Crippen LogP) is 1.28. The summed E-state index contributed by atoms with van der Waals surface area (Å²) in [5.41, 5.74) is 1.76. The van der Waals surface area contributed by atoms with E-state index in [2.05, 4.69) is 10.1 Å². The molecular formula is C12H10N4O2. The highest BCUT2D eigenvalue weighted by Gasteiger charge is 2.11. The third-order valence-electron chi connectivity index (χ3n) is 2.66. The first-order valence-electron chi connectivity index (χ1n) is 5.42. The van der Waals surface area contributed by atoms with E-state index in [0.717, 1.165) is 11.3 Å². The Labute approximate surface area is 102 Å². The average Bonchev–Trinajstić information content (AvgIpc) is 2.94. The number of rotatable bonds is 3. The summed E-state index contributed by atoms with van der Waals surface area (Å²) in [4.78, 5) is 15.4. The molecule has 0 bridgehead atoms. The van der Waals surface area contributed by atoms with Gasteiger partial charge in [-0.25, -0.2) is 9.78 Å². The van der Waals surface area contributed by atoms with Crippen LogP contribution in [0.3, 0.4) is 0 Å². The van der Waals surface area contributed by atoms with E-state index < -0.39 is 5.97 Å². The quantitative estimate of drug-likeness (QED) is 0.750. The molecule has 90 valence electrons. The molecule has 3 rings (SSSR count). The van der Waals surface area contributed by atoms with Gasteiger partial charge in [-0.15, -0.1) is 0 Å². The number of carbonyl (C=O) groups is 1. The van der Waals surface area contributed by atoms with Crippen molar-refractivity contribution in [2.75, 3.05) is 0 Å². The fourth-order valence-electron chi connectivity index (χ4n) is 1.86. The number of pyridine rings is 1. The number of fused-ring (bicyclic) bond motifs is 1. The van der Waals surface area contributed by atoms with Crippen molar-refractivity contribution in [1.29, 1.82) is 0 Å². The molecule has 0 amide bonds. The Hall–Kier alpha value is -2.63. The number of carboxylic acid groups (broad SMARTS) is 1. The molecule has 3 heterocycles. The highest BCUT2D eigenvalue weighted by molar-refractivity contribution is 5.85. The molecule has 0 saturated carbocycles. The maximum atomic E-state index is 11.0. The summed E-state index contributed by atoms with van der Waals surface area (Å²) in [7, 11) is 0. The SMILES string of the molecule is O=C(O)c1ccnn1Cc1cn2ccccc2n1. The molecular weight excluding hydrogens is 232 g/mol. The van der Waals surface area contributed by atoms with E-state index in [0.29, 0.717) is 6.54 Å². The van der Waals surface area contributed by atoms with Crippen molar-refractivity contribution in [1.82, 2.24) is 19.2 Å². The summed E-state index contributed by atoms with van der Waals surface area (Å²) in [6.07, 6.45) is 5.23. The van der Waals surface area contributed by atoms with E-state index >= 15 is 0 Å². The summed E-state index contributed by atoms with van der Waals surface area (Å²) in [5, 5.41) is 13.0. The molecule has 6 nitrogen and oxygen atoms in total. The van der Waals surface area contributed by atoms with Gasteiger partial charge in [-0.2, -0.15) is 5.10 Å². The van der Waals surface area contributed by atoms with Crippen LogP contribution in [0.15, 0.2) is 42.9 Å². The van der Waals surface area contributed by atoms with E-state index in [-0.39, 0.29) is 5.69 Å². The molecule has 6 heteroatoms. The number of imidazole rings is 1. The Morgan fingerprint density at radius 3 is 3.00 bits per heavy atom. The minimum atomic E-state index is -0.990. The second-order valence-corrected chi connectivity index (χ2v) is 3.88. The van der Waals surface area contributed by atoms with E-state index in [1.807, 2.05) is 35.0 Å². The van der Waals surface area contributed by atoms with Gasteiger partial charge in [0.05, 0.1) is 12.2 Å². The summed E-state index contributed by atoms with van der Waals surface area (Å²) in [5.74, 6) is -0.990. The lowest BCUT2D eigenvalue weighted by atomic mass is 10.4. The Morgan fingerprint density at radius 2 is 2.22 bits per heavy atom. The molecule has 1 N–H and O–H groups in total.